The van der Waals surface area contributed by atoms with E-state index in [9.17, 15) is 4.79 Å². The van der Waals surface area contributed by atoms with Gasteiger partial charge in [0, 0.05) is 12.6 Å². The lowest BCUT2D eigenvalue weighted by atomic mass is 10.2. The summed E-state index contributed by atoms with van der Waals surface area (Å²) in [5, 5.41) is 7.43. The summed E-state index contributed by atoms with van der Waals surface area (Å²) in [6.45, 7) is 1.45. The van der Waals surface area contributed by atoms with Crippen molar-refractivity contribution >= 4 is 58.4 Å². The Hall–Kier alpha value is -1.82. The summed E-state index contributed by atoms with van der Waals surface area (Å²) in [6, 6.07) is 8.64. The second-order valence-electron chi connectivity index (χ2n) is 4.26. The largest absolute Gasteiger partial charge is 0.326 e. The minimum Gasteiger partial charge on any atom is -0.326 e. The molecule has 1 heterocycles. The number of benzene rings is 1. The van der Waals surface area contributed by atoms with Gasteiger partial charge in [-0.1, -0.05) is 46.9 Å². The third-order valence-corrected chi connectivity index (χ3v) is 3.46. The van der Waals surface area contributed by atoms with Crippen LogP contribution in [0.2, 0.25) is 15.2 Å². The lowest BCUT2D eigenvalue weighted by Gasteiger charge is -2.04. The van der Waals surface area contributed by atoms with Crippen molar-refractivity contribution in [1.82, 2.24) is 4.98 Å². The maximum Gasteiger partial charge on any atom is 0.221 e. The van der Waals surface area contributed by atoms with E-state index in [0.717, 1.165) is 5.56 Å². The van der Waals surface area contributed by atoms with Gasteiger partial charge in [0.25, 0.3) is 0 Å². The van der Waals surface area contributed by atoms with Gasteiger partial charge in [0.15, 0.2) is 5.82 Å². The maximum atomic E-state index is 10.9. The number of amides is 1. The number of nitrogens with one attached hydrogen (secondary N) is 2. The lowest BCUT2D eigenvalue weighted by molar-refractivity contribution is -0.114. The molecule has 2 rings (SSSR count). The molecule has 0 radical (unpaired) electrons. The normalized spacial score (nSPS) is 10.7. The van der Waals surface area contributed by atoms with Gasteiger partial charge in [-0.3, -0.25) is 10.2 Å². The molecule has 0 fully saturated rings. The van der Waals surface area contributed by atoms with Crippen LogP contribution in [0.3, 0.4) is 0 Å². The Morgan fingerprint density at radius 2 is 1.86 bits per heavy atom. The van der Waals surface area contributed by atoms with Crippen molar-refractivity contribution in [3.8, 4) is 0 Å². The summed E-state index contributed by atoms with van der Waals surface area (Å²) in [7, 11) is 0. The van der Waals surface area contributed by atoms with E-state index in [1.165, 1.54) is 13.0 Å². The molecule has 2 N–H and O–H groups in total. The monoisotopic (exact) mass is 356 g/mol. The minimum absolute atomic E-state index is 0.122. The SMILES string of the molecule is CC(=O)Nc1ccc(/C=N/Nc2nc(Cl)c(Cl)cc2Cl)cc1. The number of nitrogens with zero attached hydrogens (tertiary/aromatic N) is 2. The van der Waals surface area contributed by atoms with E-state index >= 15 is 0 Å². The number of hydrogen-bond donors (Lipinski definition) is 2. The fourth-order valence-corrected chi connectivity index (χ4v) is 2.09. The number of anilines is 2. The van der Waals surface area contributed by atoms with Crippen molar-refractivity contribution in [2.24, 2.45) is 5.10 Å². The van der Waals surface area contributed by atoms with E-state index in [1.807, 2.05) is 0 Å². The molecular weight excluding hydrogens is 347 g/mol. The number of carbonyl (C=O) groups excluding carboxylic acids is 1. The van der Waals surface area contributed by atoms with Crippen LogP contribution in [-0.4, -0.2) is 17.1 Å². The number of aromatic nitrogens is 1. The molecule has 0 atom stereocenters. The fraction of sp³-hybridized carbons (Fsp3) is 0.0714. The van der Waals surface area contributed by atoms with Crippen LogP contribution in [0.4, 0.5) is 11.5 Å². The Balaban J connectivity index is 2.03. The zero-order valence-electron chi connectivity index (χ0n) is 11.4. The number of hydrazone groups is 1. The summed E-state index contributed by atoms with van der Waals surface area (Å²) in [4.78, 5) is 14.9. The van der Waals surface area contributed by atoms with E-state index in [0.29, 0.717) is 16.5 Å². The third kappa shape index (κ3) is 4.59. The molecule has 2 aromatic rings. The van der Waals surface area contributed by atoms with Gasteiger partial charge in [0.2, 0.25) is 5.91 Å². The van der Waals surface area contributed by atoms with Crippen LogP contribution in [0.15, 0.2) is 35.4 Å². The van der Waals surface area contributed by atoms with E-state index in [4.69, 9.17) is 34.8 Å². The number of halogens is 3. The Kier molecular flexibility index (Phi) is 5.60. The molecule has 0 aliphatic heterocycles. The summed E-state index contributed by atoms with van der Waals surface area (Å²) in [6.07, 6.45) is 1.58. The first-order chi connectivity index (χ1) is 10.5. The Morgan fingerprint density at radius 1 is 1.18 bits per heavy atom. The summed E-state index contributed by atoms with van der Waals surface area (Å²) in [5.74, 6) is 0.186. The molecule has 1 aromatic heterocycles. The molecule has 5 nitrogen and oxygen atoms in total. The van der Waals surface area contributed by atoms with Gasteiger partial charge in [0.05, 0.1) is 16.3 Å². The van der Waals surface area contributed by atoms with Gasteiger partial charge >= 0.3 is 0 Å². The Morgan fingerprint density at radius 3 is 2.50 bits per heavy atom. The Bertz CT molecular complexity index is 717. The molecule has 1 aromatic carbocycles. The highest BCUT2D eigenvalue weighted by atomic mass is 35.5. The third-order valence-electron chi connectivity index (χ3n) is 2.50. The smallest absolute Gasteiger partial charge is 0.221 e. The molecule has 114 valence electrons. The highest BCUT2D eigenvalue weighted by Gasteiger charge is 2.06. The van der Waals surface area contributed by atoms with Crippen LogP contribution < -0.4 is 10.7 Å². The van der Waals surface area contributed by atoms with Crippen molar-refractivity contribution in [1.29, 1.82) is 0 Å². The van der Waals surface area contributed by atoms with Crippen LogP contribution >= 0.6 is 34.8 Å². The van der Waals surface area contributed by atoms with Crippen LogP contribution in [0.5, 0.6) is 0 Å². The van der Waals surface area contributed by atoms with Gasteiger partial charge < -0.3 is 5.32 Å². The molecule has 1 amide bonds. The van der Waals surface area contributed by atoms with E-state index in [-0.39, 0.29) is 16.1 Å². The van der Waals surface area contributed by atoms with E-state index in [1.54, 1.807) is 30.5 Å². The molecule has 0 bridgehead atoms. The second-order valence-corrected chi connectivity index (χ2v) is 5.44. The molecule has 0 saturated heterocycles. The number of rotatable bonds is 4. The predicted molar refractivity (Wildman–Crippen MR) is 91.2 cm³/mol. The number of pyridine rings is 1. The fourth-order valence-electron chi connectivity index (χ4n) is 1.55. The molecule has 22 heavy (non-hydrogen) atoms. The minimum atomic E-state index is -0.122. The zero-order valence-corrected chi connectivity index (χ0v) is 13.7. The standard InChI is InChI=1S/C14H11Cl3N4O/c1-8(22)19-10-4-2-9(3-5-10)7-18-21-14-12(16)6-11(15)13(17)20-14/h2-7H,1H3,(H,19,22)(H,20,21)/b18-7+. The van der Waals surface area contributed by atoms with Gasteiger partial charge in [-0.25, -0.2) is 4.98 Å². The highest BCUT2D eigenvalue weighted by molar-refractivity contribution is 6.42. The zero-order chi connectivity index (χ0) is 16.1. The quantitative estimate of drug-likeness (QED) is 0.483. The van der Waals surface area contributed by atoms with Crippen LogP contribution in [-0.2, 0) is 4.79 Å². The number of carbonyl (C=O) groups is 1. The molecular formula is C14H11Cl3N4O. The summed E-state index contributed by atoms with van der Waals surface area (Å²) >= 11 is 17.6. The summed E-state index contributed by atoms with van der Waals surface area (Å²) in [5.41, 5.74) is 4.24. The van der Waals surface area contributed by atoms with Crippen LogP contribution in [0.1, 0.15) is 12.5 Å². The topological polar surface area (TPSA) is 66.4 Å². The lowest BCUT2D eigenvalue weighted by Crippen LogP contribution is -2.05. The van der Waals surface area contributed by atoms with Crippen molar-refractivity contribution < 1.29 is 4.79 Å². The summed E-state index contributed by atoms with van der Waals surface area (Å²) < 4.78 is 0. The van der Waals surface area contributed by atoms with Crippen LogP contribution in [0, 0.1) is 0 Å². The van der Waals surface area contributed by atoms with Crippen molar-refractivity contribution in [2.75, 3.05) is 10.7 Å². The second kappa shape index (κ2) is 7.45. The first-order valence-corrected chi connectivity index (χ1v) is 7.27. The van der Waals surface area contributed by atoms with Gasteiger partial charge in [-0.2, -0.15) is 5.10 Å². The average Bonchev–Trinajstić information content (AvgIpc) is 2.45. The molecule has 0 spiro atoms. The molecule has 8 heteroatoms. The van der Waals surface area contributed by atoms with Gasteiger partial charge in [-0.15, -0.1) is 0 Å². The van der Waals surface area contributed by atoms with E-state index in [2.05, 4.69) is 20.8 Å². The molecule has 0 aliphatic rings. The first-order valence-electron chi connectivity index (χ1n) is 6.14. The molecule has 0 unspecified atom stereocenters. The van der Waals surface area contributed by atoms with Crippen molar-refractivity contribution in [3.63, 3.8) is 0 Å². The maximum absolute atomic E-state index is 10.9. The van der Waals surface area contributed by atoms with E-state index < -0.39 is 0 Å². The highest BCUT2D eigenvalue weighted by Crippen LogP contribution is 2.28. The predicted octanol–water partition coefficient (Wildman–Crippen LogP) is 4.45. The van der Waals surface area contributed by atoms with Crippen molar-refractivity contribution in [3.05, 3.63) is 51.1 Å². The van der Waals surface area contributed by atoms with Gasteiger partial charge in [-0.05, 0) is 23.8 Å². The van der Waals surface area contributed by atoms with Gasteiger partial charge in [0.1, 0.15) is 5.15 Å². The Labute approximate surface area is 142 Å². The number of hydrogen-bond acceptors (Lipinski definition) is 4. The van der Waals surface area contributed by atoms with Crippen LogP contribution in [0.25, 0.3) is 0 Å². The first kappa shape index (κ1) is 16.5. The molecule has 0 saturated carbocycles. The molecule has 0 aliphatic carbocycles. The average molecular weight is 358 g/mol. The van der Waals surface area contributed by atoms with Crippen molar-refractivity contribution in [2.45, 2.75) is 6.92 Å².